The third-order valence-electron chi connectivity index (χ3n) is 3.11. The van der Waals surface area contributed by atoms with E-state index < -0.39 is 0 Å². The van der Waals surface area contributed by atoms with Gasteiger partial charge in [0.25, 0.3) is 5.56 Å². The molecule has 0 bridgehead atoms. The van der Waals surface area contributed by atoms with Gasteiger partial charge in [0.2, 0.25) is 5.91 Å². The number of carbonyl (C=O) groups is 1. The number of methoxy groups -OCH3 is 1. The van der Waals surface area contributed by atoms with Crippen LogP contribution in [-0.4, -0.2) is 24.1 Å². The van der Waals surface area contributed by atoms with Gasteiger partial charge < -0.3 is 14.6 Å². The topological polar surface area (TPSA) is 60.3 Å². The minimum Gasteiger partial charge on any atom is -0.497 e. The average molecular weight is 286 g/mol. The predicted octanol–water partition coefficient (Wildman–Crippen LogP) is 1.22. The molecule has 21 heavy (non-hydrogen) atoms. The lowest BCUT2D eigenvalue weighted by atomic mass is 10.1. The van der Waals surface area contributed by atoms with Gasteiger partial charge in [-0.25, -0.2) is 0 Å². The summed E-state index contributed by atoms with van der Waals surface area (Å²) in [6.45, 7) is 0.578. The smallest absolute Gasteiger partial charge is 0.250 e. The lowest BCUT2D eigenvalue weighted by Gasteiger charge is -2.07. The fourth-order valence-corrected chi connectivity index (χ4v) is 1.94. The highest BCUT2D eigenvalue weighted by Gasteiger charge is 2.03. The molecule has 0 atom stereocenters. The zero-order chi connectivity index (χ0) is 15.1. The molecule has 2 rings (SSSR count). The number of rotatable bonds is 6. The number of benzene rings is 1. The molecule has 0 spiro atoms. The summed E-state index contributed by atoms with van der Waals surface area (Å²) in [6, 6.07) is 12.5. The maximum Gasteiger partial charge on any atom is 0.250 e. The maximum absolute atomic E-state index is 11.8. The minimum atomic E-state index is -0.178. The van der Waals surface area contributed by atoms with E-state index >= 15 is 0 Å². The summed E-state index contributed by atoms with van der Waals surface area (Å²) in [7, 11) is 1.63. The molecule has 1 amide bonds. The van der Waals surface area contributed by atoms with Crippen LogP contribution >= 0.6 is 0 Å². The Labute approximate surface area is 123 Å². The molecule has 2 aromatic rings. The van der Waals surface area contributed by atoms with Crippen molar-refractivity contribution in [3.63, 3.8) is 0 Å². The second-order valence-electron chi connectivity index (χ2n) is 4.61. The molecule has 110 valence electrons. The van der Waals surface area contributed by atoms with Crippen LogP contribution in [0.3, 0.4) is 0 Å². The van der Waals surface area contributed by atoms with Crippen molar-refractivity contribution in [2.75, 3.05) is 13.7 Å². The molecular formula is C16H18N2O3. The number of hydrogen-bond donors (Lipinski definition) is 1. The summed E-state index contributed by atoms with van der Waals surface area (Å²) >= 11 is 0. The van der Waals surface area contributed by atoms with Crippen molar-refractivity contribution in [1.29, 1.82) is 0 Å². The lowest BCUT2D eigenvalue weighted by Crippen LogP contribution is -2.32. The summed E-state index contributed by atoms with van der Waals surface area (Å²) < 4.78 is 6.47. The number of pyridine rings is 1. The Hall–Kier alpha value is -2.56. The van der Waals surface area contributed by atoms with Gasteiger partial charge in [-0.05, 0) is 30.2 Å². The van der Waals surface area contributed by atoms with Crippen molar-refractivity contribution in [3.05, 3.63) is 64.6 Å². The van der Waals surface area contributed by atoms with Crippen LogP contribution in [0.5, 0.6) is 5.75 Å². The molecule has 1 heterocycles. The highest BCUT2D eigenvalue weighted by molar-refractivity contribution is 5.75. The molecule has 0 saturated carbocycles. The Bertz CT molecular complexity index is 647. The Kier molecular flexibility index (Phi) is 5.15. The Morgan fingerprint density at radius 1 is 1.19 bits per heavy atom. The maximum atomic E-state index is 11.8. The third-order valence-corrected chi connectivity index (χ3v) is 3.11. The molecule has 5 nitrogen and oxygen atoms in total. The van der Waals surface area contributed by atoms with Gasteiger partial charge in [-0.3, -0.25) is 9.59 Å². The first kappa shape index (κ1) is 14.8. The van der Waals surface area contributed by atoms with Gasteiger partial charge in [0, 0.05) is 18.8 Å². The highest BCUT2D eigenvalue weighted by Crippen LogP contribution is 2.11. The zero-order valence-electron chi connectivity index (χ0n) is 11.9. The van der Waals surface area contributed by atoms with E-state index in [2.05, 4.69) is 5.32 Å². The van der Waals surface area contributed by atoms with Crippen LogP contribution in [0.2, 0.25) is 0 Å². The monoisotopic (exact) mass is 286 g/mol. The summed E-state index contributed by atoms with van der Waals surface area (Å²) in [4.78, 5) is 23.2. The molecule has 0 fully saturated rings. The van der Waals surface area contributed by atoms with Crippen molar-refractivity contribution in [1.82, 2.24) is 9.88 Å². The van der Waals surface area contributed by atoms with E-state index in [-0.39, 0.29) is 18.0 Å². The Morgan fingerprint density at radius 3 is 2.62 bits per heavy atom. The summed E-state index contributed by atoms with van der Waals surface area (Å²) in [5, 5.41) is 2.81. The van der Waals surface area contributed by atoms with E-state index in [0.29, 0.717) is 6.54 Å². The zero-order valence-corrected chi connectivity index (χ0v) is 11.9. The molecular weight excluding hydrogens is 268 g/mol. The Balaban J connectivity index is 1.79. The largest absolute Gasteiger partial charge is 0.497 e. The molecule has 0 saturated heterocycles. The first-order valence-electron chi connectivity index (χ1n) is 6.74. The van der Waals surface area contributed by atoms with Crippen LogP contribution in [0.1, 0.15) is 5.56 Å². The second kappa shape index (κ2) is 7.28. The molecule has 0 aliphatic rings. The summed E-state index contributed by atoms with van der Waals surface area (Å²) in [5.41, 5.74) is 0.941. The highest BCUT2D eigenvalue weighted by atomic mass is 16.5. The second-order valence-corrected chi connectivity index (χ2v) is 4.61. The van der Waals surface area contributed by atoms with E-state index in [1.54, 1.807) is 25.4 Å². The number of nitrogens with zero attached hydrogens (tertiary/aromatic N) is 1. The van der Waals surface area contributed by atoms with Crippen LogP contribution in [-0.2, 0) is 17.8 Å². The molecule has 0 aliphatic carbocycles. The van der Waals surface area contributed by atoms with Crippen molar-refractivity contribution < 1.29 is 9.53 Å². The molecule has 1 N–H and O–H groups in total. The van der Waals surface area contributed by atoms with Crippen LogP contribution in [0, 0.1) is 0 Å². The molecule has 1 aromatic heterocycles. The number of amides is 1. The Morgan fingerprint density at radius 2 is 1.95 bits per heavy atom. The fourth-order valence-electron chi connectivity index (χ4n) is 1.94. The molecule has 0 unspecified atom stereocenters. The number of aromatic nitrogens is 1. The van der Waals surface area contributed by atoms with E-state index in [9.17, 15) is 9.59 Å². The predicted molar refractivity (Wildman–Crippen MR) is 80.4 cm³/mol. The molecule has 1 aromatic carbocycles. The quantitative estimate of drug-likeness (QED) is 0.868. The fraction of sp³-hybridized carbons (Fsp3) is 0.250. The van der Waals surface area contributed by atoms with E-state index in [0.717, 1.165) is 17.7 Å². The van der Waals surface area contributed by atoms with Crippen molar-refractivity contribution >= 4 is 5.91 Å². The van der Waals surface area contributed by atoms with Gasteiger partial charge in [-0.15, -0.1) is 0 Å². The number of hydrogen-bond acceptors (Lipinski definition) is 3. The van der Waals surface area contributed by atoms with E-state index in [1.165, 1.54) is 10.6 Å². The van der Waals surface area contributed by atoms with E-state index in [4.69, 9.17) is 4.74 Å². The molecule has 0 radical (unpaired) electrons. The van der Waals surface area contributed by atoms with Gasteiger partial charge in [0.1, 0.15) is 12.3 Å². The van der Waals surface area contributed by atoms with Crippen LogP contribution in [0.4, 0.5) is 0 Å². The molecule has 5 heteroatoms. The normalized spacial score (nSPS) is 10.1. The number of ether oxygens (including phenoxy) is 1. The minimum absolute atomic E-state index is 0.0439. The van der Waals surface area contributed by atoms with Gasteiger partial charge in [0.15, 0.2) is 0 Å². The van der Waals surface area contributed by atoms with Crippen molar-refractivity contribution in [2.24, 2.45) is 0 Å². The van der Waals surface area contributed by atoms with Crippen LogP contribution in [0.25, 0.3) is 0 Å². The van der Waals surface area contributed by atoms with E-state index in [1.807, 2.05) is 24.3 Å². The van der Waals surface area contributed by atoms with Gasteiger partial charge in [-0.1, -0.05) is 18.2 Å². The average Bonchev–Trinajstić information content (AvgIpc) is 2.50. The summed E-state index contributed by atoms with van der Waals surface area (Å²) in [6.07, 6.45) is 2.34. The van der Waals surface area contributed by atoms with Gasteiger partial charge >= 0.3 is 0 Å². The van der Waals surface area contributed by atoms with Gasteiger partial charge in [0.05, 0.1) is 7.11 Å². The number of nitrogens with one attached hydrogen (secondary N) is 1. The van der Waals surface area contributed by atoms with Gasteiger partial charge in [-0.2, -0.15) is 0 Å². The van der Waals surface area contributed by atoms with Crippen molar-refractivity contribution in [3.8, 4) is 5.75 Å². The lowest BCUT2D eigenvalue weighted by molar-refractivity contribution is -0.121. The van der Waals surface area contributed by atoms with Crippen LogP contribution in [0.15, 0.2) is 53.5 Å². The number of carbonyl (C=O) groups excluding carboxylic acids is 1. The van der Waals surface area contributed by atoms with Crippen molar-refractivity contribution in [2.45, 2.75) is 13.0 Å². The third kappa shape index (κ3) is 4.49. The first-order chi connectivity index (χ1) is 10.2. The first-order valence-corrected chi connectivity index (χ1v) is 6.74. The van der Waals surface area contributed by atoms with Crippen LogP contribution < -0.4 is 15.6 Å². The standard InChI is InChI=1S/C16H18N2O3/c1-21-14-7-5-13(6-8-14)9-10-17-15(19)12-18-11-3-2-4-16(18)20/h2-8,11H,9-10,12H2,1H3,(H,17,19). The SMILES string of the molecule is COc1ccc(CCNC(=O)Cn2ccccc2=O)cc1. The molecule has 0 aliphatic heterocycles. The summed E-state index contributed by atoms with van der Waals surface area (Å²) in [5.74, 6) is 0.642.